The van der Waals surface area contributed by atoms with Crippen molar-refractivity contribution in [3.63, 3.8) is 0 Å². The van der Waals surface area contributed by atoms with Crippen LogP contribution < -0.4 is 10.6 Å². The van der Waals surface area contributed by atoms with Crippen LogP contribution in [0.3, 0.4) is 0 Å². The maximum Gasteiger partial charge on any atom is 0.233 e. The highest BCUT2D eigenvalue weighted by Crippen LogP contribution is 2.16. The third kappa shape index (κ3) is 5.82. The molecule has 0 unspecified atom stereocenters. The van der Waals surface area contributed by atoms with Crippen LogP contribution in [0.2, 0.25) is 0 Å². The van der Waals surface area contributed by atoms with Gasteiger partial charge in [-0.05, 0) is 54.5 Å². The minimum atomic E-state index is -0.305. The number of H-pyrrole nitrogens is 1. The van der Waals surface area contributed by atoms with Gasteiger partial charge in [0.1, 0.15) is 5.82 Å². The average Bonchev–Trinajstić information content (AvgIpc) is 3.24. The van der Waals surface area contributed by atoms with Crippen molar-refractivity contribution in [3.05, 3.63) is 89.4 Å². The van der Waals surface area contributed by atoms with E-state index in [9.17, 15) is 4.39 Å². The van der Waals surface area contributed by atoms with Gasteiger partial charge in [0.2, 0.25) is 11.9 Å². The number of anilines is 3. The number of hydrogen-bond acceptors (Lipinski definition) is 7. The van der Waals surface area contributed by atoms with Gasteiger partial charge in [-0.3, -0.25) is 10.1 Å². The van der Waals surface area contributed by atoms with E-state index >= 15 is 0 Å². The van der Waals surface area contributed by atoms with Gasteiger partial charge in [0.15, 0.2) is 11.6 Å². The normalized spacial score (nSPS) is 11.3. The van der Waals surface area contributed by atoms with E-state index in [0.29, 0.717) is 35.6 Å². The first kappa shape index (κ1) is 20.9. The largest absolute Gasteiger partial charge is 0.350 e. The second-order valence-corrected chi connectivity index (χ2v) is 6.77. The molecule has 3 N–H and O–H groups in total. The van der Waals surface area contributed by atoms with Crippen LogP contribution in [-0.4, -0.2) is 30.1 Å². The zero-order valence-electron chi connectivity index (χ0n) is 17.3. The summed E-state index contributed by atoms with van der Waals surface area (Å²) < 4.78 is 13.5. The molecular formula is C23H21FN8. The van der Waals surface area contributed by atoms with Gasteiger partial charge >= 0.3 is 0 Å². The fraction of sp³-hybridized carbons (Fsp3) is 0.0870. The molecule has 160 valence electrons. The number of hydrogen-bond donors (Lipinski definition) is 3. The molecule has 4 aromatic rings. The molecule has 0 aliphatic carbocycles. The molecule has 0 fully saturated rings. The van der Waals surface area contributed by atoms with Crippen molar-refractivity contribution in [1.29, 1.82) is 0 Å². The molecule has 9 heteroatoms. The topological polar surface area (TPSA) is 104 Å². The van der Waals surface area contributed by atoms with Gasteiger partial charge in [-0.15, -0.1) is 0 Å². The van der Waals surface area contributed by atoms with E-state index in [-0.39, 0.29) is 5.82 Å². The number of halogens is 1. The van der Waals surface area contributed by atoms with E-state index in [0.717, 1.165) is 11.3 Å². The lowest BCUT2D eigenvalue weighted by Gasteiger charge is -2.08. The lowest BCUT2D eigenvalue weighted by Crippen LogP contribution is -2.08. The highest BCUT2D eigenvalue weighted by Gasteiger charge is 2.08. The Morgan fingerprint density at radius 3 is 2.62 bits per heavy atom. The highest BCUT2D eigenvalue weighted by molar-refractivity contribution is 5.67. The van der Waals surface area contributed by atoms with Crippen molar-refractivity contribution >= 4 is 35.9 Å². The van der Waals surface area contributed by atoms with Crippen LogP contribution >= 0.6 is 0 Å². The van der Waals surface area contributed by atoms with Crippen LogP contribution in [0.15, 0.2) is 60.9 Å². The first-order valence-electron chi connectivity index (χ1n) is 9.95. The standard InChI is InChI=1S/C23H21FN8/c1-2-4-19-14-21(32-31-19)29-23-28-20(8-7-16-5-3-6-18(24)13-16)27-22(30-23)26-15-17-9-11-25-12-10-17/h2-14H,15H2,1H3,(H3,26,27,28,29,30,31,32)/b4-2+,8-7+. The molecule has 8 nitrogen and oxygen atoms in total. The predicted octanol–water partition coefficient (Wildman–Crippen LogP) is 4.69. The fourth-order valence-electron chi connectivity index (χ4n) is 2.84. The summed E-state index contributed by atoms with van der Waals surface area (Å²) in [6.07, 6.45) is 10.7. The minimum absolute atomic E-state index is 0.305. The monoisotopic (exact) mass is 428 g/mol. The van der Waals surface area contributed by atoms with Crippen LogP contribution in [0, 0.1) is 5.82 Å². The lowest BCUT2D eigenvalue weighted by atomic mass is 10.2. The molecule has 0 amide bonds. The van der Waals surface area contributed by atoms with Gasteiger partial charge in [0.25, 0.3) is 0 Å². The summed E-state index contributed by atoms with van der Waals surface area (Å²) in [5.41, 5.74) is 2.59. The minimum Gasteiger partial charge on any atom is -0.350 e. The van der Waals surface area contributed by atoms with Crippen LogP contribution in [0.25, 0.3) is 18.2 Å². The average molecular weight is 428 g/mol. The van der Waals surface area contributed by atoms with Gasteiger partial charge < -0.3 is 10.6 Å². The Labute approximate surface area is 184 Å². The predicted molar refractivity (Wildman–Crippen MR) is 123 cm³/mol. The zero-order valence-corrected chi connectivity index (χ0v) is 17.3. The van der Waals surface area contributed by atoms with Gasteiger partial charge in [-0.1, -0.05) is 24.3 Å². The Morgan fingerprint density at radius 1 is 0.969 bits per heavy atom. The summed E-state index contributed by atoms with van der Waals surface area (Å²) in [5, 5.41) is 13.4. The smallest absolute Gasteiger partial charge is 0.233 e. The molecule has 0 bridgehead atoms. The van der Waals surface area contributed by atoms with Crippen LogP contribution in [0.4, 0.5) is 22.1 Å². The van der Waals surface area contributed by atoms with Crippen LogP contribution in [-0.2, 0) is 6.54 Å². The molecule has 0 spiro atoms. The molecule has 0 saturated heterocycles. The molecular weight excluding hydrogens is 407 g/mol. The Morgan fingerprint density at radius 2 is 1.81 bits per heavy atom. The van der Waals surface area contributed by atoms with Crippen molar-refractivity contribution in [2.75, 3.05) is 10.6 Å². The van der Waals surface area contributed by atoms with E-state index in [1.54, 1.807) is 36.7 Å². The van der Waals surface area contributed by atoms with E-state index in [1.165, 1.54) is 12.1 Å². The quantitative estimate of drug-likeness (QED) is 0.374. The first-order chi connectivity index (χ1) is 15.7. The van der Waals surface area contributed by atoms with Gasteiger partial charge in [0, 0.05) is 25.0 Å². The SMILES string of the molecule is C/C=C/c1cc(Nc2nc(/C=C/c3cccc(F)c3)nc(NCc3ccncc3)n2)n[nH]1. The van der Waals surface area contributed by atoms with Gasteiger partial charge in [-0.25, -0.2) is 4.39 Å². The molecule has 3 aromatic heterocycles. The Hall–Kier alpha value is -4.40. The number of nitrogens with zero attached hydrogens (tertiary/aromatic N) is 5. The van der Waals surface area contributed by atoms with E-state index in [2.05, 4.69) is 40.8 Å². The number of aromatic nitrogens is 6. The molecule has 0 aliphatic rings. The molecule has 32 heavy (non-hydrogen) atoms. The fourth-order valence-corrected chi connectivity index (χ4v) is 2.84. The van der Waals surface area contributed by atoms with E-state index < -0.39 is 0 Å². The number of aromatic amines is 1. The van der Waals surface area contributed by atoms with Crippen molar-refractivity contribution in [2.45, 2.75) is 13.5 Å². The Balaban J connectivity index is 1.59. The van der Waals surface area contributed by atoms with E-state index in [1.807, 2.05) is 37.3 Å². The third-order valence-electron chi connectivity index (χ3n) is 4.31. The molecule has 0 radical (unpaired) electrons. The maximum absolute atomic E-state index is 13.5. The maximum atomic E-state index is 13.5. The number of pyridine rings is 1. The van der Waals surface area contributed by atoms with Crippen molar-refractivity contribution in [1.82, 2.24) is 30.1 Å². The molecule has 3 heterocycles. The first-order valence-corrected chi connectivity index (χ1v) is 9.95. The van der Waals surface area contributed by atoms with Crippen molar-refractivity contribution in [2.24, 2.45) is 0 Å². The lowest BCUT2D eigenvalue weighted by molar-refractivity contribution is 0.627. The summed E-state index contributed by atoms with van der Waals surface area (Å²) in [6, 6.07) is 11.9. The number of rotatable bonds is 8. The van der Waals surface area contributed by atoms with E-state index in [4.69, 9.17) is 0 Å². The van der Waals surface area contributed by atoms with Crippen molar-refractivity contribution < 1.29 is 4.39 Å². The van der Waals surface area contributed by atoms with Crippen LogP contribution in [0.5, 0.6) is 0 Å². The van der Waals surface area contributed by atoms with Crippen molar-refractivity contribution in [3.8, 4) is 0 Å². The summed E-state index contributed by atoms with van der Waals surface area (Å²) in [6.45, 7) is 2.45. The van der Waals surface area contributed by atoms with Gasteiger partial charge in [0.05, 0.1) is 5.69 Å². The zero-order chi connectivity index (χ0) is 22.2. The second kappa shape index (κ2) is 10.1. The second-order valence-electron chi connectivity index (χ2n) is 6.77. The number of nitrogens with one attached hydrogen (secondary N) is 3. The highest BCUT2D eigenvalue weighted by atomic mass is 19.1. The summed E-state index contributed by atoms with van der Waals surface area (Å²) in [7, 11) is 0. The molecule has 0 atom stereocenters. The summed E-state index contributed by atoms with van der Waals surface area (Å²) in [4.78, 5) is 17.4. The number of allylic oxidation sites excluding steroid dienone is 1. The Kier molecular flexibility index (Phi) is 6.57. The number of benzene rings is 1. The third-order valence-corrected chi connectivity index (χ3v) is 4.31. The summed E-state index contributed by atoms with van der Waals surface area (Å²) >= 11 is 0. The summed E-state index contributed by atoms with van der Waals surface area (Å²) in [5.74, 6) is 1.40. The van der Waals surface area contributed by atoms with Gasteiger partial charge in [-0.2, -0.15) is 20.1 Å². The Bertz CT molecular complexity index is 1230. The molecule has 1 aromatic carbocycles. The molecule has 0 aliphatic heterocycles. The van der Waals surface area contributed by atoms with Crippen LogP contribution in [0.1, 0.15) is 29.6 Å². The molecule has 4 rings (SSSR count). The molecule has 0 saturated carbocycles.